The zero-order valence-electron chi connectivity index (χ0n) is 8.70. The Morgan fingerprint density at radius 2 is 1.94 bits per heavy atom. The molecule has 1 aromatic rings. The molecule has 1 aliphatic rings. The van der Waals surface area contributed by atoms with Gasteiger partial charge in [-0.2, -0.15) is 0 Å². The monoisotopic (exact) mass is 261 g/mol. The summed E-state index contributed by atoms with van der Waals surface area (Å²) in [6.45, 7) is 2.74. The van der Waals surface area contributed by atoms with E-state index in [-0.39, 0.29) is 6.10 Å². The number of rotatable bonds is 4. The molecule has 5 heteroatoms. The van der Waals surface area contributed by atoms with Crippen molar-refractivity contribution in [2.45, 2.75) is 6.10 Å². The molecule has 0 unspecified atom stereocenters. The summed E-state index contributed by atoms with van der Waals surface area (Å²) in [6, 6.07) is 5.27. The van der Waals surface area contributed by atoms with Crippen molar-refractivity contribution in [3.63, 3.8) is 0 Å². The first kappa shape index (κ1) is 12.0. The number of para-hydroxylation sites is 1. The van der Waals surface area contributed by atoms with Gasteiger partial charge in [0.05, 0.1) is 16.1 Å². The molecular formula is C11H13Cl2NO2. The maximum Gasteiger partial charge on any atom is 0.156 e. The summed E-state index contributed by atoms with van der Waals surface area (Å²) >= 11 is 11.9. The molecule has 0 spiro atoms. The third-order valence-electron chi connectivity index (χ3n) is 2.51. The lowest BCUT2D eigenvalue weighted by molar-refractivity contribution is -0.00386. The third-order valence-corrected chi connectivity index (χ3v) is 3.11. The maximum absolute atomic E-state index is 9.10. The molecule has 1 aliphatic heterocycles. The van der Waals surface area contributed by atoms with Crippen molar-refractivity contribution >= 4 is 23.2 Å². The van der Waals surface area contributed by atoms with Gasteiger partial charge in [-0.3, -0.25) is 4.90 Å². The van der Waals surface area contributed by atoms with Gasteiger partial charge in [-0.05, 0) is 12.1 Å². The number of nitrogens with zero attached hydrogens (tertiary/aromatic N) is 1. The van der Waals surface area contributed by atoms with E-state index in [2.05, 4.69) is 4.90 Å². The number of β-amino-alcohol motifs (C(OH)–C–C–N with tert-alkyl or cyclic N) is 1. The molecule has 16 heavy (non-hydrogen) atoms. The zero-order valence-corrected chi connectivity index (χ0v) is 10.2. The second-order valence-corrected chi connectivity index (χ2v) is 4.63. The van der Waals surface area contributed by atoms with Crippen molar-refractivity contribution in [3.8, 4) is 5.75 Å². The molecule has 3 nitrogen and oxygen atoms in total. The van der Waals surface area contributed by atoms with Crippen molar-refractivity contribution in [3.05, 3.63) is 28.2 Å². The van der Waals surface area contributed by atoms with Crippen molar-refractivity contribution in [2.75, 3.05) is 26.2 Å². The Morgan fingerprint density at radius 1 is 1.31 bits per heavy atom. The van der Waals surface area contributed by atoms with Gasteiger partial charge in [0.1, 0.15) is 6.61 Å². The predicted molar refractivity (Wildman–Crippen MR) is 64.4 cm³/mol. The van der Waals surface area contributed by atoms with Crippen LogP contribution in [0.4, 0.5) is 0 Å². The van der Waals surface area contributed by atoms with Gasteiger partial charge in [-0.1, -0.05) is 29.3 Å². The number of hydrogen-bond acceptors (Lipinski definition) is 3. The molecule has 88 valence electrons. The average Bonchev–Trinajstić information content (AvgIpc) is 2.19. The van der Waals surface area contributed by atoms with E-state index in [9.17, 15) is 0 Å². The molecule has 0 saturated carbocycles. The van der Waals surface area contributed by atoms with Gasteiger partial charge in [-0.25, -0.2) is 0 Å². The molecule has 0 aliphatic carbocycles. The molecular weight excluding hydrogens is 249 g/mol. The minimum Gasteiger partial charge on any atom is -0.489 e. The van der Waals surface area contributed by atoms with Crippen LogP contribution in [0.1, 0.15) is 0 Å². The first-order valence-electron chi connectivity index (χ1n) is 5.14. The Balaban J connectivity index is 1.81. The highest BCUT2D eigenvalue weighted by Crippen LogP contribution is 2.32. The first-order valence-corrected chi connectivity index (χ1v) is 5.89. The first-order chi connectivity index (χ1) is 7.66. The van der Waals surface area contributed by atoms with E-state index in [4.69, 9.17) is 33.0 Å². The Morgan fingerprint density at radius 3 is 2.50 bits per heavy atom. The van der Waals surface area contributed by atoms with Crippen LogP contribution in [0.3, 0.4) is 0 Å². The summed E-state index contributed by atoms with van der Waals surface area (Å²) in [5.74, 6) is 0.534. The van der Waals surface area contributed by atoms with Gasteiger partial charge < -0.3 is 9.84 Å². The number of halogens is 2. The van der Waals surface area contributed by atoms with Gasteiger partial charge >= 0.3 is 0 Å². The van der Waals surface area contributed by atoms with Crippen LogP contribution < -0.4 is 4.74 Å². The van der Waals surface area contributed by atoms with Gasteiger partial charge in [0, 0.05) is 19.6 Å². The molecule has 2 rings (SSSR count). The summed E-state index contributed by atoms with van der Waals surface area (Å²) in [6.07, 6.45) is -0.177. The predicted octanol–water partition coefficient (Wildman–Crippen LogP) is 2.05. The summed E-state index contributed by atoms with van der Waals surface area (Å²) in [4.78, 5) is 2.11. The topological polar surface area (TPSA) is 32.7 Å². The molecule has 1 saturated heterocycles. The van der Waals surface area contributed by atoms with E-state index in [1.54, 1.807) is 18.2 Å². The number of ether oxygens (including phenoxy) is 1. The number of likely N-dealkylation sites (tertiary alicyclic amines) is 1. The Kier molecular flexibility index (Phi) is 3.92. The highest BCUT2D eigenvalue weighted by atomic mass is 35.5. The highest BCUT2D eigenvalue weighted by molar-refractivity contribution is 6.37. The Labute approximate surface area is 105 Å². The Hall–Kier alpha value is -0.480. The van der Waals surface area contributed by atoms with E-state index in [1.807, 2.05) is 0 Å². The van der Waals surface area contributed by atoms with Crippen LogP contribution >= 0.6 is 23.2 Å². The summed E-state index contributed by atoms with van der Waals surface area (Å²) in [5.41, 5.74) is 0. The van der Waals surface area contributed by atoms with Gasteiger partial charge in [0.25, 0.3) is 0 Å². The second kappa shape index (κ2) is 5.23. The van der Waals surface area contributed by atoms with Gasteiger partial charge in [-0.15, -0.1) is 0 Å². The van der Waals surface area contributed by atoms with E-state index >= 15 is 0 Å². The van der Waals surface area contributed by atoms with Crippen LogP contribution in [-0.2, 0) is 0 Å². The molecule has 1 heterocycles. The zero-order chi connectivity index (χ0) is 11.5. The van der Waals surface area contributed by atoms with Gasteiger partial charge in [0.2, 0.25) is 0 Å². The van der Waals surface area contributed by atoms with Crippen molar-refractivity contribution in [1.29, 1.82) is 0 Å². The van der Waals surface area contributed by atoms with E-state index in [1.165, 1.54) is 0 Å². The maximum atomic E-state index is 9.10. The van der Waals surface area contributed by atoms with E-state index < -0.39 is 0 Å². The summed E-state index contributed by atoms with van der Waals surface area (Å²) in [5, 5.41) is 10.1. The molecule has 0 aromatic heterocycles. The van der Waals surface area contributed by atoms with Crippen molar-refractivity contribution in [1.82, 2.24) is 4.90 Å². The van der Waals surface area contributed by atoms with Crippen LogP contribution in [-0.4, -0.2) is 42.4 Å². The minimum absolute atomic E-state index is 0.177. The van der Waals surface area contributed by atoms with E-state index in [0.717, 1.165) is 19.6 Å². The fourth-order valence-electron chi connectivity index (χ4n) is 1.62. The third kappa shape index (κ3) is 2.80. The molecule has 1 N–H and O–H groups in total. The molecule has 0 bridgehead atoms. The highest BCUT2D eigenvalue weighted by Gasteiger charge is 2.23. The number of hydrogen-bond donors (Lipinski definition) is 1. The van der Waals surface area contributed by atoms with Crippen LogP contribution in [0.25, 0.3) is 0 Å². The summed E-state index contributed by atoms with van der Waals surface area (Å²) < 4.78 is 5.52. The van der Waals surface area contributed by atoms with Gasteiger partial charge in [0.15, 0.2) is 5.75 Å². The smallest absolute Gasteiger partial charge is 0.156 e. The van der Waals surface area contributed by atoms with Crippen molar-refractivity contribution in [2.24, 2.45) is 0 Å². The van der Waals surface area contributed by atoms with Crippen LogP contribution in [0, 0.1) is 0 Å². The largest absolute Gasteiger partial charge is 0.489 e. The van der Waals surface area contributed by atoms with Crippen LogP contribution in [0.2, 0.25) is 10.0 Å². The minimum atomic E-state index is -0.177. The fraction of sp³-hybridized carbons (Fsp3) is 0.455. The average molecular weight is 262 g/mol. The van der Waals surface area contributed by atoms with E-state index in [0.29, 0.717) is 22.4 Å². The lowest BCUT2D eigenvalue weighted by Crippen LogP contribution is -2.51. The van der Waals surface area contributed by atoms with Crippen molar-refractivity contribution < 1.29 is 9.84 Å². The Bertz CT molecular complexity index is 347. The standard InChI is InChI=1S/C11H13Cl2NO2/c12-9-2-1-3-10(13)11(9)16-5-4-14-6-8(15)7-14/h1-3,8,15H,4-7H2. The summed E-state index contributed by atoms with van der Waals surface area (Å²) in [7, 11) is 0. The SMILES string of the molecule is OC1CN(CCOc2c(Cl)cccc2Cl)C1. The lowest BCUT2D eigenvalue weighted by atomic mass is 10.2. The van der Waals surface area contributed by atoms with Crippen LogP contribution in [0.15, 0.2) is 18.2 Å². The number of benzene rings is 1. The number of aliphatic hydroxyl groups is 1. The van der Waals surface area contributed by atoms with Crippen LogP contribution in [0.5, 0.6) is 5.75 Å². The second-order valence-electron chi connectivity index (χ2n) is 3.81. The molecule has 0 radical (unpaired) electrons. The quantitative estimate of drug-likeness (QED) is 0.901. The molecule has 0 amide bonds. The molecule has 1 fully saturated rings. The fourth-order valence-corrected chi connectivity index (χ4v) is 2.13. The molecule has 1 aromatic carbocycles. The number of aliphatic hydroxyl groups excluding tert-OH is 1. The molecule has 0 atom stereocenters. The normalized spacial score (nSPS) is 17.2. The lowest BCUT2D eigenvalue weighted by Gasteiger charge is -2.35.